The van der Waals surface area contributed by atoms with Crippen molar-refractivity contribution in [3.05, 3.63) is 22.9 Å². The van der Waals surface area contributed by atoms with Gasteiger partial charge in [-0.05, 0) is 41.4 Å². The van der Waals surface area contributed by atoms with Gasteiger partial charge in [-0.15, -0.1) is 0 Å². The Hall–Kier alpha value is -0.900. The summed E-state index contributed by atoms with van der Waals surface area (Å²) in [6, 6.07) is 3.79. The second kappa shape index (κ2) is 4.97. The number of nitrogens with one attached hydrogen (secondary N) is 1. The van der Waals surface area contributed by atoms with Crippen molar-refractivity contribution in [3.63, 3.8) is 0 Å². The van der Waals surface area contributed by atoms with Gasteiger partial charge in [0.1, 0.15) is 4.60 Å². The predicted octanol–water partition coefficient (Wildman–Crippen LogP) is 3.04. The quantitative estimate of drug-likeness (QED) is 0.502. The Balaban J connectivity index is 2.60. The minimum atomic E-state index is 0.828. The fraction of sp³-hybridized carbons (Fsp3) is 0.333. The smallest absolute Gasteiger partial charge is 0.106 e. The predicted molar refractivity (Wildman–Crippen MR) is 59.0 cm³/mol. The molecule has 1 aromatic rings. The molecule has 0 aliphatic heterocycles. The lowest BCUT2D eigenvalue weighted by Crippen LogP contribution is -1.95. The highest BCUT2D eigenvalue weighted by molar-refractivity contribution is 9.10. The van der Waals surface area contributed by atoms with Crippen LogP contribution in [0.1, 0.15) is 20.3 Å². The van der Waals surface area contributed by atoms with E-state index in [1.165, 1.54) is 0 Å². The first-order chi connectivity index (χ1) is 6.22. The lowest BCUT2D eigenvalue weighted by molar-refractivity contribution is 1.19. The van der Waals surface area contributed by atoms with Crippen LogP contribution >= 0.6 is 15.9 Å². The minimum Gasteiger partial charge on any atom is -0.277 e. The molecule has 0 atom stereocenters. The fourth-order valence-electron chi connectivity index (χ4n) is 0.681. The zero-order chi connectivity index (χ0) is 9.68. The molecule has 0 fully saturated rings. The maximum absolute atomic E-state index is 4.15. The summed E-state index contributed by atoms with van der Waals surface area (Å²) in [6.07, 6.45) is 2.69. The van der Waals surface area contributed by atoms with Crippen LogP contribution in [0.25, 0.3) is 0 Å². The summed E-state index contributed by atoms with van der Waals surface area (Å²) in [5.74, 6) is 0. The second-order valence-corrected chi connectivity index (χ2v) is 3.49. The van der Waals surface area contributed by atoms with E-state index in [4.69, 9.17) is 0 Å². The Morgan fingerprint density at radius 3 is 2.92 bits per heavy atom. The third-order valence-corrected chi connectivity index (χ3v) is 2.08. The molecule has 4 heteroatoms. The third kappa shape index (κ3) is 3.55. The lowest BCUT2D eigenvalue weighted by atomic mass is 10.3. The number of aromatic nitrogens is 1. The van der Waals surface area contributed by atoms with Crippen LogP contribution < -0.4 is 5.43 Å². The van der Waals surface area contributed by atoms with E-state index in [-0.39, 0.29) is 0 Å². The number of anilines is 1. The molecule has 0 saturated carbocycles. The molecule has 3 nitrogen and oxygen atoms in total. The van der Waals surface area contributed by atoms with Crippen molar-refractivity contribution in [1.82, 2.24) is 4.98 Å². The van der Waals surface area contributed by atoms with Gasteiger partial charge in [0.05, 0.1) is 11.9 Å². The number of nitrogens with zero attached hydrogens (tertiary/aromatic N) is 2. The SMILES string of the molecule is CCC(C)=NNc1ccc(Br)nc1. The zero-order valence-electron chi connectivity index (χ0n) is 7.71. The van der Waals surface area contributed by atoms with Gasteiger partial charge in [-0.3, -0.25) is 5.43 Å². The molecule has 1 N–H and O–H groups in total. The Bertz CT molecular complexity index is 292. The van der Waals surface area contributed by atoms with Gasteiger partial charge in [-0.1, -0.05) is 6.92 Å². The van der Waals surface area contributed by atoms with Crippen LogP contribution in [-0.2, 0) is 0 Å². The highest BCUT2D eigenvalue weighted by Gasteiger charge is 1.91. The van der Waals surface area contributed by atoms with E-state index >= 15 is 0 Å². The molecule has 1 rings (SSSR count). The molecule has 0 unspecified atom stereocenters. The van der Waals surface area contributed by atoms with Crippen LogP contribution in [0.4, 0.5) is 5.69 Å². The van der Waals surface area contributed by atoms with Crippen LogP contribution in [0, 0.1) is 0 Å². The molecular weight excluding hydrogens is 230 g/mol. The summed E-state index contributed by atoms with van der Waals surface area (Å²) in [5, 5.41) is 4.15. The first-order valence-electron chi connectivity index (χ1n) is 4.13. The molecule has 0 amide bonds. The number of rotatable bonds is 3. The molecule has 70 valence electrons. The Kier molecular flexibility index (Phi) is 3.89. The topological polar surface area (TPSA) is 37.3 Å². The number of halogens is 1. The van der Waals surface area contributed by atoms with E-state index in [9.17, 15) is 0 Å². The summed E-state index contributed by atoms with van der Waals surface area (Å²) < 4.78 is 0.828. The Labute approximate surface area is 86.4 Å². The molecule has 0 aromatic carbocycles. The van der Waals surface area contributed by atoms with Gasteiger partial charge < -0.3 is 0 Å². The van der Waals surface area contributed by atoms with Crippen molar-refractivity contribution in [2.24, 2.45) is 5.10 Å². The second-order valence-electron chi connectivity index (χ2n) is 2.68. The molecule has 0 radical (unpaired) electrons. The molecule has 0 aliphatic carbocycles. The van der Waals surface area contributed by atoms with Crippen molar-refractivity contribution in [3.8, 4) is 0 Å². The van der Waals surface area contributed by atoms with Crippen molar-refractivity contribution < 1.29 is 0 Å². The molecule has 1 heterocycles. The molecule has 0 spiro atoms. The molecule has 0 aliphatic rings. The highest BCUT2D eigenvalue weighted by Crippen LogP contribution is 2.10. The lowest BCUT2D eigenvalue weighted by Gasteiger charge is -2.00. The molecule has 13 heavy (non-hydrogen) atoms. The number of pyridine rings is 1. The Morgan fingerprint density at radius 1 is 1.62 bits per heavy atom. The monoisotopic (exact) mass is 241 g/mol. The van der Waals surface area contributed by atoms with E-state index in [0.29, 0.717) is 0 Å². The molecule has 1 aromatic heterocycles. The van der Waals surface area contributed by atoms with E-state index in [1.54, 1.807) is 6.20 Å². The zero-order valence-corrected chi connectivity index (χ0v) is 9.30. The van der Waals surface area contributed by atoms with Gasteiger partial charge in [-0.2, -0.15) is 5.10 Å². The molecule has 0 saturated heterocycles. The van der Waals surface area contributed by atoms with Gasteiger partial charge in [0, 0.05) is 5.71 Å². The van der Waals surface area contributed by atoms with Crippen molar-refractivity contribution in [2.45, 2.75) is 20.3 Å². The molecular formula is C9H12BrN3. The first kappa shape index (κ1) is 10.2. The maximum atomic E-state index is 4.15. The van der Waals surface area contributed by atoms with Crippen molar-refractivity contribution >= 4 is 27.3 Å². The molecule has 0 bridgehead atoms. The van der Waals surface area contributed by atoms with Crippen LogP contribution in [-0.4, -0.2) is 10.7 Å². The van der Waals surface area contributed by atoms with Crippen LogP contribution in [0.2, 0.25) is 0 Å². The van der Waals surface area contributed by atoms with E-state index in [1.807, 2.05) is 19.1 Å². The Morgan fingerprint density at radius 2 is 2.38 bits per heavy atom. The van der Waals surface area contributed by atoms with E-state index in [0.717, 1.165) is 22.4 Å². The summed E-state index contributed by atoms with van der Waals surface area (Å²) in [6.45, 7) is 4.06. The average Bonchev–Trinajstić information content (AvgIpc) is 2.16. The number of hydrazone groups is 1. The van der Waals surface area contributed by atoms with Gasteiger partial charge >= 0.3 is 0 Å². The maximum Gasteiger partial charge on any atom is 0.106 e. The van der Waals surface area contributed by atoms with Crippen LogP contribution in [0.15, 0.2) is 28.0 Å². The minimum absolute atomic E-state index is 0.828. The van der Waals surface area contributed by atoms with Crippen molar-refractivity contribution in [1.29, 1.82) is 0 Å². The van der Waals surface area contributed by atoms with Gasteiger partial charge in [0.15, 0.2) is 0 Å². The highest BCUT2D eigenvalue weighted by atomic mass is 79.9. The summed E-state index contributed by atoms with van der Waals surface area (Å²) in [7, 11) is 0. The van der Waals surface area contributed by atoms with Crippen molar-refractivity contribution in [2.75, 3.05) is 5.43 Å². The number of hydrogen-bond donors (Lipinski definition) is 1. The largest absolute Gasteiger partial charge is 0.277 e. The van der Waals surface area contributed by atoms with Crippen LogP contribution in [0.5, 0.6) is 0 Å². The first-order valence-corrected chi connectivity index (χ1v) is 4.92. The summed E-state index contributed by atoms with van der Waals surface area (Å²) >= 11 is 3.26. The number of hydrogen-bond acceptors (Lipinski definition) is 3. The van der Waals surface area contributed by atoms with Gasteiger partial charge in [0.2, 0.25) is 0 Å². The summed E-state index contributed by atoms with van der Waals surface area (Å²) in [4.78, 5) is 4.07. The fourth-order valence-corrected chi connectivity index (χ4v) is 0.916. The normalized spacial score (nSPS) is 11.5. The van der Waals surface area contributed by atoms with E-state index in [2.05, 4.69) is 38.4 Å². The van der Waals surface area contributed by atoms with Gasteiger partial charge in [-0.25, -0.2) is 4.98 Å². The average molecular weight is 242 g/mol. The standard InChI is InChI=1S/C9H12BrN3/c1-3-7(2)12-13-8-4-5-9(10)11-6-8/h4-6,13H,3H2,1-2H3. The van der Waals surface area contributed by atoms with Crippen LogP contribution in [0.3, 0.4) is 0 Å². The third-order valence-electron chi connectivity index (χ3n) is 1.61. The summed E-state index contributed by atoms with van der Waals surface area (Å²) in [5.41, 5.74) is 4.90. The van der Waals surface area contributed by atoms with E-state index < -0.39 is 0 Å². The van der Waals surface area contributed by atoms with Gasteiger partial charge in [0.25, 0.3) is 0 Å².